The molecule has 3 rings (SSSR count). The predicted molar refractivity (Wildman–Crippen MR) is 95.1 cm³/mol. The Kier molecular flexibility index (Phi) is 4.25. The molecule has 0 atom stereocenters. The third kappa shape index (κ3) is 3.11. The molecule has 1 aromatic carbocycles. The maximum Gasteiger partial charge on any atom is 0.253 e. The monoisotopic (exact) mass is 323 g/mol. The number of pyridine rings is 1. The number of H-pyrrole nitrogens is 1. The van der Waals surface area contributed by atoms with Crippen LogP contribution in [0.25, 0.3) is 10.9 Å². The van der Waals surface area contributed by atoms with E-state index in [2.05, 4.69) is 16.4 Å². The van der Waals surface area contributed by atoms with E-state index in [0.29, 0.717) is 5.56 Å². The second-order valence-corrected chi connectivity index (χ2v) is 6.15. The van der Waals surface area contributed by atoms with Gasteiger partial charge in [-0.3, -0.25) is 9.59 Å². The fourth-order valence-electron chi connectivity index (χ4n) is 3.05. The Balaban J connectivity index is 1.74. The van der Waals surface area contributed by atoms with E-state index in [1.54, 1.807) is 0 Å². The van der Waals surface area contributed by atoms with Gasteiger partial charge in [0.25, 0.3) is 5.56 Å². The zero-order valence-corrected chi connectivity index (χ0v) is 14.1. The standard InChI is InChI=1S/C19H21N3O2/c1-12-8-13(2)21-19(24)16(12)10-20-18(23)11-22-14(3)9-15-6-4-5-7-17(15)22/h4-9H,10-11H2,1-3H3,(H,20,23)(H,21,24). The van der Waals surface area contributed by atoms with Gasteiger partial charge in [-0.15, -0.1) is 0 Å². The number of carbonyl (C=O) groups is 1. The Morgan fingerprint density at radius 2 is 1.92 bits per heavy atom. The minimum atomic E-state index is -0.143. The molecule has 0 aliphatic carbocycles. The van der Waals surface area contributed by atoms with Gasteiger partial charge < -0.3 is 14.9 Å². The summed E-state index contributed by atoms with van der Waals surface area (Å²) in [6.45, 7) is 6.19. The van der Waals surface area contributed by atoms with E-state index in [9.17, 15) is 9.59 Å². The molecule has 2 aromatic heterocycles. The van der Waals surface area contributed by atoms with Gasteiger partial charge >= 0.3 is 0 Å². The molecule has 2 N–H and O–H groups in total. The number of fused-ring (bicyclic) bond motifs is 1. The van der Waals surface area contributed by atoms with Gasteiger partial charge in [-0.05, 0) is 49.9 Å². The van der Waals surface area contributed by atoms with E-state index in [1.807, 2.05) is 55.7 Å². The van der Waals surface area contributed by atoms with Crippen LogP contribution in [0.3, 0.4) is 0 Å². The van der Waals surface area contributed by atoms with Crippen LogP contribution in [0.4, 0.5) is 0 Å². The lowest BCUT2D eigenvalue weighted by molar-refractivity contribution is -0.121. The first kappa shape index (κ1) is 16.1. The van der Waals surface area contributed by atoms with E-state index >= 15 is 0 Å². The van der Waals surface area contributed by atoms with E-state index in [1.165, 1.54) is 0 Å². The van der Waals surface area contributed by atoms with Crippen molar-refractivity contribution in [3.63, 3.8) is 0 Å². The minimum Gasteiger partial charge on any atom is -0.350 e. The quantitative estimate of drug-likeness (QED) is 0.775. The van der Waals surface area contributed by atoms with Crippen molar-refractivity contribution in [3.8, 4) is 0 Å². The molecule has 3 aromatic rings. The number of amides is 1. The van der Waals surface area contributed by atoms with Gasteiger partial charge in [-0.2, -0.15) is 0 Å². The van der Waals surface area contributed by atoms with Gasteiger partial charge in [-0.1, -0.05) is 18.2 Å². The highest BCUT2D eigenvalue weighted by atomic mass is 16.2. The van der Waals surface area contributed by atoms with Crippen LogP contribution in [0.2, 0.25) is 0 Å². The van der Waals surface area contributed by atoms with Gasteiger partial charge in [0.05, 0.1) is 0 Å². The first-order valence-electron chi connectivity index (χ1n) is 7.96. The van der Waals surface area contributed by atoms with Crippen molar-refractivity contribution < 1.29 is 4.79 Å². The summed E-state index contributed by atoms with van der Waals surface area (Å²) in [7, 11) is 0. The number of para-hydroxylation sites is 1. The third-order valence-corrected chi connectivity index (χ3v) is 4.28. The van der Waals surface area contributed by atoms with Crippen molar-refractivity contribution in [3.05, 3.63) is 69.3 Å². The highest BCUT2D eigenvalue weighted by Crippen LogP contribution is 2.18. The van der Waals surface area contributed by atoms with E-state index in [-0.39, 0.29) is 24.6 Å². The molecule has 0 fully saturated rings. The summed E-state index contributed by atoms with van der Waals surface area (Å²) < 4.78 is 1.98. The number of hydrogen-bond donors (Lipinski definition) is 2. The molecule has 0 saturated heterocycles. The van der Waals surface area contributed by atoms with Crippen molar-refractivity contribution in [2.24, 2.45) is 0 Å². The number of hydrogen-bond acceptors (Lipinski definition) is 2. The molecule has 2 heterocycles. The summed E-state index contributed by atoms with van der Waals surface area (Å²) in [5.41, 5.74) is 4.24. The smallest absolute Gasteiger partial charge is 0.253 e. The summed E-state index contributed by atoms with van der Waals surface area (Å²) in [5.74, 6) is -0.112. The molecule has 0 saturated carbocycles. The second kappa shape index (κ2) is 6.35. The predicted octanol–water partition coefficient (Wildman–Crippen LogP) is 2.57. The summed E-state index contributed by atoms with van der Waals surface area (Å²) in [6, 6.07) is 12.0. The van der Waals surface area contributed by atoms with Crippen LogP contribution < -0.4 is 10.9 Å². The van der Waals surface area contributed by atoms with Crippen molar-refractivity contribution in [1.82, 2.24) is 14.9 Å². The molecule has 0 aliphatic rings. The SMILES string of the molecule is Cc1cc(C)c(CNC(=O)Cn2c(C)cc3ccccc32)c(=O)[nH]1. The van der Waals surface area contributed by atoms with Crippen LogP contribution in [0.15, 0.2) is 41.2 Å². The summed E-state index contributed by atoms with van der Waals surface area (Å²) >= 11 is 0. The van der Waals surface area contributed by atoms with Crippen LogP contribution in [0, 0.1) is 20.8 Å². The van der Waals surface area contributed by atoms with Crippen LogP contribution in [0.5, 0.6) is 0 Å². The summed E-state index contributed by atoms with van der Waals surface area (Å²) in [4.78, 5) is 27.1. The fourth-order valence-corrected chi connectivity index (χ4v) is 3.05. The normalized spacial score (nSPS) is 11.0. The number of benzene rings is 1. The number of nitrogens with one attached hydrogen (secondary N) is 2. The molecule has 124 valence electrons. The van der Waals surface area contributed by atoms with Gasteiger partial charge in [0, 0.05) is 29.0 Å². The second-order valence-electron chi connectivity index (χ2n) is 6.15. The Bertz CT molecular complexity index is 966. The molecule has 5 heteroatoms. The topological polar surface area (TPSA) is 66.9 Å². The van der Waals surface area contributed by atoms with Crippen molar-refractivity contribution >= 4 is 16.8 Å². The number of nitrogens with zero attached hydrogens (tertiary/aromatic N) is 1. The summed E-state index contributed by atoms with van der Waals surface area (Å²) in [5, 5.41) is 3.97. The molecule has 0 radical (unpaired) electrons. The van der Waals surface area contributed by atoms with Crippen molar-refractivity contribution in [2.45, 2.75) is 33.9 Å². The van der Waals surface area contributed by atoms with Crippen LogP contribution in [-0.2, 0) is 17.9 Å². The molecule has 0 aliphatic heterocycles. The number of aromatic nitrogens is 2. The van der Waals surface area contributed by atoms with Gasteiger partial charge in [0.1, 0.15) is 6.54 Å². The lowest BCUT2D eigenvalue weighted by atomic mass is 10.1. The number of aryl methyl sites for hydroxylation is 3. The first-order valence-corrected chi connectivity index (χ1v) is 7.96. The average molecular weight is 323 g/mol. The molecular weight excluding hydrogens is 302 g/mol. The Morgan fingerprint density at radius 3 is 2.67 bits per heavy atom. The Labute approximate surface area is 140 Å². The number of rotatable bonds is 4. The lowest BCUT2D eigenvalue weighted by Gasteiger charge is -2.11. The molecule has 0 bridgehead atoms. The van der Waals surface area contributed by atoms with Crippen molar-refractivity contribution in [2.75, 3.05) is 0 Å². The molecule has 1 amide bonds. The summed E-state index contributed by atoms with van der Waals surface area (Å²) in [6.07, 6.45) is 0. The molecule has 24 heavy (non-hydrogen) atoms. The highest BCUT2D eigenvalue weighted by Gasteiger charge is 2.11. The maximum atomic E-state index is 12.3. The number of aromatic amines is 1. The van der Waals surface area contributed by atoms with Crippen LogP contribution >= 0.6 is 0 Å². The Morgan fingerprint density at radius 1 is 1.17 bits per heavy atom. The van der Waals surface area contributed by atoms with Gasteiger partial charge in [0.2, 0.25) is 5.91 Å². The maximum absolute atomic E-state index is 12.3. The first-order chi connectivity index (χ1) is 11.5. The van der Waals surface area contributed by atoms with E-state index in [4.69, 9.17) is 0 Å². The van der Waals surface area contributed by atoms with E-state index in [0.717, 1.165) is 27.9 Å². The van der Waals surface area contributed by atoms with Gasteiger partial charge in [0.15, 0.2) is 0 Å². The fraction of sp³-hybridized carbons (Fsp3) is 0.263. The highest BCUT2D eigenvalue weighted by molar-refractivity contribution is 5.84. The number of carbonyl (C=O) groups excluding carboxylic acids is 1. The zero-order chi connectivity index (χ0) is 17.3. The Hall–Kier alpha value is -2.82. The van der Waals surface area contributed by atoms with Crippen LogP contribution in [-0.4, -0.2) is 15.5 Å². The molecule has 0 spiro atoms. The average Bonchev–Trinajstić information content (AvgIpc) is 2.82. The van der Waals surface area contributed by atoms with Crippen molar-refractivity contribution in [1.29, 1.82) is 0 Å². The van der Waals surface area contributed by atoms with Gasteiger partial charge in [-0.25, -0.2) is 0 Å². The lowest BCUT2D eigenvalue weighted by Crippen LogP contribution is -2.30. The van der Waals surface area contributed by atoms with E-state index < -0.39 is 0 Å². The molecular formula is C19H21N3O2. The largest absolute Gasteiger partial charge is 0.350 e. The molecule has 5 nitrogen and oxygen atoms in total. The molecule has 0 unspecified atom stereocenters. The van der Waals surface area contributed by atoms with Crippen LogP contribution in [0.1, 0.15) is 22.5 Å². The minimum absolute atomic E-state index is 0.112. The third-order valence-electron chi connectivity index (χ3n) is 4.28. The zero-order valence-electron chi connectivity index (χ0n) is 14.1.